The second-order valence-corrected chi connectivity index (χ2v) is 10.8. The zero-order valence-corrected chi connectivity index (χ0v) is 20.4. The Morgan fingerprint density at radius 2 is 1.74 bits per heavy atom. The van der Waals surface area contributed by atoms with E-state index in [-0.39, 0.29) is 11.5 Å². The lowest BCUT2D eigenvalue weighted by molar-refractivity contribution is 0.00578. The molecule has 2 aliphatic heterocycles. The first-order valence-electron chi connectivity index (χ1n) is 11.0. The molecule has 172 valence electrons. The van der Waals surface area contributed by atoms with Crippen LogP contribution in [0, 0.1) is 12.3 Å². The molecule has 1 aromatic carbocycles. The molecular weight excluding hydrogens is 395 g/mol. The molecule has 1 unspecified atom stereocenters. The van der Waals surface area contributed by atoms with Crippen molar-refractivity contribution >= 4 is 24.4 Å². The summed E-state index contributed by atoms with van der Waals surface area (Å²) in [6.07, 6.45) is -0.867. The highest BCUT2D eigenvalue weighted by Crippen LogP contribution is 2.40. The summed E-state index contributed by atoms with van der Waals surface area (Å²) < 4.78 is 18.3. The molecule has 2 fully saturated rings. The van der Waals surface area contributed by atoms with Crippen LogP contribution in [0.3, 0.4) is 0 Å². The Morgan fingerprint density at radius 3 is 2.23 bits per heavy atom. The predicted molar refractivity (Wildman–Crippen MR) is 124 cm³/mol. The minimum Gasteiger partial charge on any atom is -0.495 e. The number of anilines is 1. The van der Waals surface area contributed by atoms with Crippen LogP contribution in [0.5, 0.6) is 5.75 Å². The van der Waals surface area contributed by atoms with E-state index >= 15 is 0 Å². The van der Waals surface area contributed by atoms with Crippen LogP contribution in [0.2, 0.25) is 0 Å². The molecule has 1 atom stereocenters. The van der Waals surface area contributed by atoms with Crippen LogP contribution in [-0.4, -0.2) is 67.2 Å². The van der Waals surface area contributed by atoms with Crippen molar-refractivity contribution in [3.8, 4) is 5.75 Å². The minimum atomic E-state index is -0.867. The first-order chi connectivity index (χ1) is 14.2. The van der Waals surface area contributed by atoms with Crippen molar-refractivity contribution in [3.63, 3.8) is 0 Å². The van der Waals surface area contributed by atoms with E-state index < -0.39 is 24.4 Å². The third-order valence-corrected chi connectivity index (χ3v) is 7.03. The summed E-state index contributed by atoms with van der Waals surface area (Å²) in [6, 6.07) is 4.15. The van der Waals surface area contributed by atoms with E-state index in [1.165, 1.54) is 4.90 Å². The first kappa shape index (κ1) is 23.7. The molecule has 1 N–H and O–H groups in total. The Balaban J connectivity index is 1.99. The van der Waals surface area contributed by atoms with E-state index in [0.717, 1.165) is 22.5 Å². The van der Waals surface area contributed by atoms with Crippen LogP contribution in [0.15, 0.2) is 12.1 Å². The Labute approximate surface area is 186 Å². The third-order valence-electron chi connectivity index (χ3n) is 7.03. The lowest BCUT2D eigenvalue weighted by atomic mass is 9.75. The number of carboxylic acid groups (broad SMARTS) is 1. The molecule has 3 rings (SSSR count). The Morgan fingerprint density at radius 1 is 1.16 bits per heavy atom. The summed E-state index contributed by atoms with van der Waals surface area (Å²) in [5, 5.41) is 9.52. The molecule has 31 heavy (non-hydrogen) atoms. The number of piperazine rings is 1. The molecule has 2 heterocycles. The summed E-state index contributed by atoms with van der Waals surface area (Å²) >= 11 is 0. The van der Waals surface area contributed by atoms with Crippen LogP contribution in [0.4, 0.5) is 10.5 Å². The summed E-state index contributed by atoms with van der Waals surface area (Å²) in [5.74, 6) is 0.744. The van der Waals surface area contributed by atoms with Crippen LogP contribution < -0.4 is 15.1 Å². The molecule has 0 saturated carbocycles. The Bertz CT molecular complexity index is 833. The zero-order valence-electron chi connectivity index (χ0n) is 20.4. The largest absolute Gasteiger partial charge is 0.495 e. The van der Waals surface area contributed by atoms with Crippen LogP contribution in [-0.2, 0) is 9.31 Å². The standard InChI is InChI=1S/C23H37BN2O5/c1-15-12-17(26-11-10-25(20(27)28)14-19(26)21(2,3)4)18(29-9)13-16(15)24-30-22(5,6)23(7,8)31-24/h12-13,19H,10-11,14H2,1-9H3,(H,27,28). The molecule has 0 radical (unpaired) electrons. The fourth-order valence-corrected chi connectivity index (χ4v) is 4.29. The number of carbonyl (C=O) groups is 1. The van der Waals surface area contributed by atoms with Gasteiger partial charge in [0, 0.05) is 19.6 Å². The number of aryl methyl sites for hydroxylation is 1. The molecule has 7 nitrogen and oxygen atoms in total. The van der Waals surface area contributed by atoms with Gasteiger partial charge in [-0.05, 0) is 63.2 Å². The van der Waals surface area contributed by atoms with Gasteiger partial charge in [-0.1, -0.05) is 20.8 Å². The van der Waals surface area contributed by atoms with Crippen LogP contribution >= 0.6 is 0 Å². The van der Waals surface area contributed by atoms with Crippen LogP contribution in [0.1, 0.15) is 54.0 Å². The molecular formula is C23H37BN2O5. The molecule has 8 heteroatoms. The fraction of sp³-hybridized carbons (Fsp3) is 0.696. The van der Waals surface area contributed by atoms with Crippen molar-refractivity contribution in [2.45, 2.75) is 72.6 Å². The van der Waals surface area contributed by atoms with E-state index in [1.807, 2.05) is 33.8 Å². The predicted octanol–water partition coefficient (Wildman–Crippen LogP) is 3.52. The molecule has 0 spiro atoms. The molecule has 2 aliphatic rings. The number of ether oxygens (including phenoxy) is 1. The van der Waals surface area contributed by atoms with E-state index in [1.54, 1.807) is 7.11 Å². The Kier molecular flexibility index (Phi) is 6.04. The summed E-state index contributed by atoms with van der Waals surface area (Å²) in [5.41, 5.74) is 2.04. The van der Waals surface area contributed by atoms with E-state index in [4.69, 9.17) is 14.0 Å². The smallest absolute Gasteiger partial charge is 0.495 e. The third kappa shape index (κ3) is 4.37. The van der Waals surface area contributed by atoms with Gasteiger partial charge in [-0.2, -0.15) is 0 Å². The molecule has 1 aromatic rings. The van der Waals surface area contributed by atoms with Gasteiger partial charge in [0.1, 0.15) is 5.75 Å². The van der Waals surface area contributed by atoms with Crippen molar-refractivity contribution in [2.75, 3.05) is 31.6 Å². The number of hydrogen-bond acceptors (Lipinski definition) is 5. The first-order valence-corrected chi connectivity index (χ1v) is 11.0. The lowest BCUT2D eigenvalue weighted by Gasteiger charge is -2.48. The van der Waals surface area contributed by atoms with Gasteiger partial charge in [-0.3, -0.25) is 0 Å². The van der Waals surface area contributed by atoms with Gasteiger partial charge in [0.25, 0.3) is 0 Å². The molecule has 0 aromatic heterocycles. The summed E-state index contributed by atoms with van der Waals surface area (Å²) in [6.45, 7) is 18.2. The van der Waals surface area contributed by atoms with E-state index in [0.29, 0.717) is 19.6 Å². The molecule has 2 saturated heterocycles. The van der Waals surface area contributed by atoms with Crippen LogP contribution in [0.25, 0.3) is 0 Å². The molecule has 0 aliphatic carbocycles. The maximum absolute atomic E-state index is 11.6. The van der Waals surface area contributed by atoms with E-state index in [2.05, 4.69) is 38.7 Å². The SMILES string of the molecule is COc1cc(B2OC(C)(C)C(C)(C)O2)c(C)cc1N1CCN(C(=O)O)CC1C(C)(C)C. The number of amides is 1. The van der Waals surface area contributed by atoms with Crippen molar-refractivity contribution in [1.82, 2.24) is 4.90 Å². The van der Waals surface area contributed by atoms with Gasteiger partial charge in [-0.15, -0.1) is 0 Å². The average molecular weight is 432 g/mol. The maximum Gasteiger partial charge on any atom is 0.495 e. The molecule has 1 amide bonds. The van der Waals surface area contributed by atoms with Gasteiger partial charge >= 0.3 is 13.2 Å². The fourth-order valence-electron chi connectivity index (χ4n) is 4.29. The van der Waals surface area contributed by atoms with Gasteiger partial charge in [0.05, 0.1) is 30.0 Å². The monoisotopic (exact) mass is 432 g/mol. The Hall–Kier alpha value is -1.93. The number of nitrogens with zero attached hydrogens (tertiary/aromatic N) is 2. The highest BCUT2D eigenvalue weighted by atomic mass is 16.7. The normalized spacial score (nSPS) is 23.3. The lowest BCUT2D eigenvalue weighted by Crippen LogP contribution is -2.59. The maximum atomic E-state index is 11.6. The number of methoxy groups -OCH3 is 1. The van der Waals surface area contributed by atoms with Crippen molar-refractivity contribution < 1.29 is 23.9 Å². The average Bonchev–Trinajstić information content (AvgIpc) is 2.87. The topological polar surface area (TPSA) is 71.5 Å². The van der Waals surface area contributed by atoms with Gasteiger partial charge in [-0.25, -0.2) is 4.79 Å². The van der Waals surface area contributed by atoms with E-state index in [9.17, 15) is 9.90 Å². The van der Waals surface area contributed by atoms with Gasteiger partial charge in [0.15, 0.2) is 0 Å². The van der Waals surface area contributed by atoms with Gasteiger partial charge in [0.2, 0.25) is 0 Å². The second-order valence-electron chi connectivity index (χ2n) is 10.8. The van der Waals surface area contributed by atoms with Crippen molar-refractivity contribution in [1.29, 1.82) is 0 Å². The highest BCUT2D eigenvalue weighted by molar-refractivity contribution is 6.62. The number of hydrogen-bond donors (Lipinski definition) is 1. The summed E-state index contributed by atoms with van der Waals surface area (Å²) in [7, 11) is 1.21. The summed E-state index contributed by atoms with van der Waals surface area (Å²) in [4.78, 5) is 15.4. The van der Waals surface area contributed by atoms with Crippen molar-refractivity contribution in [2.24, 2.45) is 5.41 Å². The van der Waals surface area contributed by atoms with Gasteiger partial charge < -0.3 is 29.0 Å². The minimum absolute atomic E-state index is 0.0216. The quantitative estimate of drug-likeness (QED) is 0.738. The second kappa shape index (κ2) is 7.89. The highest BCUT2D eigenvalue weighted by Gasteiger charge is 2.52. The molecule has 0 bridgehead atoms. The van der Waals surface area contributed by atoms with Crippen molar-refractivity contribution in [3.05, 3.63) is 17.7 Å². The number of rotatable bonds is 3. The number of benzene rings is 1. The zero-order chi connectivity index (χ0) is 23.4.